The van der Waals surface area contributed by atoms with E-state index in [2.05, 4.69) is 10.9 Å². The van der Waals surface area contributed by atoms with Gasteiger partial charge < -0.3 is 9.47 Å². The van der Waals surface area contributed by atoms with Crippen LogP contribution in [0.3, 0.4) is 0 Å². The predicted octanol–water partition coefficient (Wildman–Crippen LogP) is 2.58. The van der Waals surface area contributed by atoms with Crippen molar-refractivity contribution in [3.63, 3.8) is 0 Å². The summed E-state index contributed by atoms with van der Waals surface area (Å²) in [6.45, 7) is 0.156. The van der Waals surface area contributed by atoms with Gasteiger partial charge in [-0.15, -0.1) is 0 Å². The number of hydrazine groups is 1. The Kier molecular flexibility index (Phi) is 6.45. The molecule has 0 unspecified atom stereocenters. The molecule has 0 aromatic heterocycles. The number of benzene rings is 2. The molecule has 0 radical (unpaired) electrons. The minimum absolute atomic E-state index is 0.0823. The predicted molar refractivity (Wildman–Crippen MR) is 90.2 cm³/mol. The number of methoxy groups -OCH3 is 1. The first kappa shape index (κ1) is 17.6. The highest BCUT2D eigenvalue weighted by atomic mass is 35.5. The molecule has 126 valence electrons. The number of hydrogen-bond donors (Lipinski definition) is 2. The van der Waals surface area contributed by atoms with Gasteiger partial charge in [-0.3, -0.25) is 20.4 Å². The Morgan fingerprint density at radius 3 is 2.33 bits per heavy atom. The van der Waals surface area contributed by atoms with Gasteiger partial charge in [0.15, 0.2) is 11.5 Å². The number of nitrogens with one attached hydrogen (secondary N) is 2. The molecule has 0 atom stereocenters. The Morgan fingerprint density at radius 2 is 1.67 bits per heavy atom. The maximum absolute atomic E-state index is 11.8. The zero-order valence-corrected chi connectivity index (χ0v) is 13.8. The molecule has 2 aromatic carbocycles. The lowest BCUT2D eigenvalue weighted by molar-refractivity contribution is -0.122. The minimum atomic E-state index is -0.425. The van der Waals surface area contributed by atoms with Gasteiger partial charge in [0.25, 0.3) is 5.91 Å². The van der Waals surface area contributed by atoms with Crippen LogP contribution in [0.4, 0.5) is 0 Å². The second-order valence-electron chi connectivity index (χ2n) is 4.76. The number of rotatable bonds is 6. The molecule has 0 saturated carbocycles. The summed E-state index contributed by atoms with van der Waals surface area (Å²) in [5, 5.41) is 0.532. The molecule has 0 aliphatic heterocycles. The van der Waals surface area contributed by atoms with E-state index in [0.29, 0.717) is 22.1 Å². The van der Waals surface area contributed by atoms with Crippen LogP contribution >= 0.6 is 11.6 Å². The van der Waals surface area contributed by atoms with E-state index in [4.69, 9.17) is 21.1 Å². The topological polar surface area (TPSA) is 76.7 Å². The molecule has 7 heteroatoms. The smallest absolute Gasteiger partial charge is 0.269 e. The maximum Gasteiger partial charge on any atom is 0.269 e. The van der Waals surface area contributed by atoms with Crippen LogP contribution in [0.25, 0.3) is 0 Å². The van der Waals surface area contributed by atoms with E-state index in [1.165, 1.54) is 0 Å². The van der Waals surface area contributed by atoms with Gasteiger partial charge in [0.1, 0.15) is 0 Å². The summed E-state index contributed by atoms with van der Waals surface area (Å²) < 4.78 is 10.6. The first-order chi connectivity index (χ1) is 11.6. The largest absolute Gasteiger partial charge is 0.493 e. The van der Waals surface area contributed by atoms with Gasteiger partial charge in [-0.2, -0.15) is 0 Å². The molecule has 2 amide bonds. The van der Waals surface area contributed by atoms with Gasteiger partial charge >= 0.3 is 0 Å². The van der Waals surface area contributed by atoms with Crippen molar-refractivity contribution in [2.45, 2.75) is 6.42 Å². The Labute approximate surface area is 144 Å². The van der Waals surface area contributed by atoms with E-state index in [1.807, 2.05) is 12.1 Å². The van der Waals surface area contributed by atoms with Crippen LogP contribution in [0.1, 0.15) is 16.8 Å². The maximum atomic E-state index is 11.8. The van der Waals surface area contributed by atoms with Gasteiger partial charge in [-0.05, 0) is 36.4 Å². The second-order valence-corrected chi connectivity index (χ2v) is 5.19. The summed E-state index contributed by atoms with van der Waals surface area (Å²) in [5.74, 6) is 0.352. The lowest BCUT2D eigenvalue weighted by Crippen LogP contribution is -2.42. The van der Waals surface area contributed by atoms with Crippen molar-refractivity contribution >= 4 is 23.4 Å². The van der Waals surface area contributed by atoms with E-state index in [9.17, 15) is 9.59 Å². The van der Waals surface area contributed by atoms with Crippen molar-refractivity contribution in [3.05, 3.63) is 59.1 Å². The fourth-order valence-corrected chi connectivity index (χ4v) is 1.98. The molecule has 0 aliphatic rings. The first-order valence-electron chi connectivity index (χ1n) is 7.20. The fraction of sp³-hybridized carbons (Fsp3) is 0.176. The number of hydrogen-bond acceptors (Lipinski definition) is 4. The molecule has 24 heavy (non-hydrogen) atoms. The third-order valence-electron chi connectivity index (χ3n) is 3.08. The summed E-state index contributed by atoms with van der Waals surface area (Å²) in [6, 6.07) is 13.5. The second kappa shape index (κ2) is 8.79. The number of para-hydroxylation sites is 2. The molecular weight excluding hydrogens is 332 g/mol. The Hall–Kier alpha value is -2.73. The molecule has 0 aliphatic carbocycles. The Balaban J connectivity index is 1.73. The molecule has 2 rings (SSSR count). The van der Waals surface area contributed by atoms with Crippen LogP contribution in [-0.4, -0.2) is 25.5 Å². The average Bonchev–Trinajstić information content (AvgIpc) is 2.60. The van der Waals surface area contributed by atoms with Gasteiger partial charge in [0, 0.05) is 10.6 Å². The summed E-state index contributed by atoms with van der Waals surface area (Å²) in [6.07, 6.45) is 0.0823. The molecule has 0 bridgehead atoms. The van der Waals surface area contributed by atoms with E-state index in [-0.39, 0.29) is 18.9 Å². The standard InChI is InChI=1S/C17H17ClN2O4/c1-23-14-4-2-3-5-15(14)24-11-10-16(21)19-20-17(22)12-6-8-13(18)9-7-12/h2-9H,10-11H2,1H3,(H,19,21)(H,20,22). The zero-order valence-electron chi connectivity index (χ0n) is 13.0. The third-order valence-corrected chi connectivity index (χ3v) is 3.33. The molecule has 2 aromatic rings. The molecule has 0 saturated heterocycles. The number of amides is 2. The van der Waals surface area contributed by atoms with Crippen LogP contribution in [0, 0.1) is 0 Å². The zero-order chi connectivity index (χ0) is 17.4. The molecule has 6 nitrogen and oxygen atoms in total. The van der Waals surface area contributed by atoms with Crippen molar-refractivity contribution in [2.24, 2.45) is 0 Å². The minimum Gasteiger partial charge on any atom is -0.493 e. The number of carbonyl (C=O) groups excluding carboxylic acids is 2. The van der Waals surface area contributed by atoms with Gasteiger partial charge in [0.05, 0.1) is 20.1 Å². The average molecular weight is 349 g/mol. The van der Waals surface area contributed by atoms with E-state index >= 15 is 0 Å². The molecule has 0 spiro atoms. The number of carbonyl (C=O) groups is 2. The molecular formula is C17H17ClN2O4. The Morgan fingerprint density at radius 1 is 1.00 bits per heavy atom. The van der Waals surface area contributed by atoms with Crippen LogP contribution < -0.4 is 20.3 Å². The normalized spacial score (nSPS) is 9.92. The van der Waals surface area contributed by atoms with Crippen LogP contribution in [-0.2, 0) is 4.79 Å². The summed E-state index contributed by atoms with van der Waals surface area (Å²) >= 11 is 5.75. The highest BCUT2D eigenvalue weighted by Gasteiger charge is 2.08. The highest BCUT2D eigenvalue weighted by Crippen LogP contribution is 2.25. The lowest BCUT2D eigenvalue weighted by Gasteiger charge is -2.11. The van der Waals surface area contributed by atoms with Crippen LogP contribution in [0.15, 0.2) is 48.5 Å². The number of ether oxygens (including phenoxy) is 2. The van der Waals surface area contributed by atoms with Gasteiger partial charge in [0.2, 0.25) is 5.91 Å². The first-order valence-corrected chi connectivity index (χ1v) is 7.58. The van der Waals surface area contributed by atoms with Crippen molar-refractivity contribution in [1.82, 2.24) is 10.9 Å². The van der Waals surface area contributed by atoms with Crippen molar-refractivity contribution in [2.75, 3.05) is 13.7 Å². The van der Waals surface area contributed by atoms with Crippen molar-refractivity contribution in [3.8, 4) is 11.5 Å². The SMILES string of the molecule is COc1ccccc1OCCC(=O)NNC(=O)c1ccc(Cl)cc1. The summed E-state index contributed by atoms with van der Waals surface area (Å²) in [4.78, 5) is 23.5. The fourth-order valence-electron chi connectivity index (χ4n) is 1.85. The monoisotopic (exact) mass is 348 g/mol. The van der Waals surface area contributed by atoms with Crippen molar-refractivity contribution < 1.29 is 19.1 Å². The van der Waals surface area contributed by atoms with Gasteiger partial charge in [-0.25, -0.2) is 0 Å². The summed E-state index contributed by atoms with van der Waals surface area (Å²) in [7, 11) is 1.54. The van der Waals surface area contributed by atoms with Crippen molar-refractivity contribution in [1.29, 1.82) is 0 Å². The summed E-state index contributed by atoms with van der Waals surface area (Å²) in [5.41, 5.74) is 5.05. The lowest BCUT2D eigenvalue weighted by atomic mass is 10.2. The Bertz CT molecular complexity index is 704. The quantitative estimate of drug-likeness (QED) is 0.787. The van der Waals surface area contributed by atoms with Crippen LogP contribution in [0.5, 0.6) is 11.5 Å². The van der Waals surface area contributed by atoms with Gasteiger partial charge in [-0.1, -0.05) is 23.7 Å². The molecule has 2 N–H and O–H groups in total. The van der Waals surface area contributed by atoms with E-state index in [0.717, 1.165) is 0 Å². The van der Waals surface area contributed by atoms with E-state index < -0.39 is 5.91 Å². The molecule has 0 heterocycles. The third kappa shape index (κ3) is 5.17. The molecule has 0 fully saturated rings. The number of halogens is 1. The van der Waals surface area contributed by atoms with Crippen LogP contribution in [0.2, 0.25) is 5.02 Å². The highest BCUT2D eigenvalue weighted by molar-refractivity contribution is 6.30. The van der Waals surface area contributed by atoms with E-state index in [1.54, 1.807) is 43.5 Å².